The van der Waals surface area contributed by atoms with E-state index in [9.17, 15) is 18.0 Å². The van der Waals surface area contributed by atoms with E-state index >= 15 is 4.39 Å². The number of ether oxygens (including phenoxy) is 1. The van der Waals surface area contributed by atoms with E-state index in [-0.39, 0.29) is 36.5 Å². The zero-order chi connectivity index (χ0) is 25.3. The predicted molar refractivity (Wildman–Crippen MR) is 120 cm³/mol. The zero-order valence-corrected chi connectivity index (χ0v) is 19.4. The maximum Gasteiger partial charge on any atom is 0.416 e. The van der Waals surface area contributed by atoms with Crippen LogP contribution in [0.5, 0.6) is 0 Å². The van der Waals surface area contributed by atoms with Crippen LogP contribution in [0.3, 0.4) is 0 Å². The van der Waals surface area contributed by atoms with E-state index in [0.29, 0.717) is 16.8 Å². The maximum atomic E-state index is 15.9. The minimum Gasteiger partial charge on any atom is -0.365 e. The molecule has 4 rings (SSSR count). The highest BCUT2D eigenvalue weighted by Gasteiger charge is 2.43. The van der Waals surface area contributed by atoms with Crippen LogP contribution in [-0.4, -0.2) is 48.0 Å². The van der Waals surface area contributed by atoms with Gasteiger partial charge in [-0.15, -0.1) is 0 Å². The fourth-order valence-corrected chi connectivity index (χ4v) is 4.13. The van der Waals surface area contributed by atoms with Gasteiger partial charge in [0.05, 0.1) is 24.5 Å². The van der Waals surface area contributed by atoms with E-state index in [1.807, 2.05) is 13.8 Å². The molecular formula is C24H24F4N4O3. The molecule has 7 nitrogen and oxygen atoms in total. The Morgan fingerprint density at radius 2 is 1.91 bits per heavy atom. The number of nitrogens with one attached hydrogen (secondary N) is 1. The number of nitrogens with zero attached hydrogens (tertiary/aromatic N) is 3. The molecule has 1 aliphatic rings. The Morgan fingerprint density at radius 3 is 2.54 bits per heavy atom. The summed E-state index contributed by atoms with van der Waals surface area (Å²) in [5, 5.41) is 6.34. The molecule has 1 aliphatic heterocycles. The lowest BCUT2D eigenvalue weighted by atomic mass is 9.97. The Morgan fingerprint density at radius 1 is 1.20 bits per heavy atom. The molecule has 1 amide bonds. The van der Waals surface area contributed by atoms with E-state index in [1.54, 1.807) is 25.1 Å². The molecule has 0 bridgehead atoms. The largest absolute Gasteiger partial charge is 0.416 e. The van der Waals surface area contributed by atoms with Crippen LogP contribution in [0.15, 0.2) is 35.1 Å². The summed E-state index contributed by atoms with van der Waals surface area (Å²) in [6, 6.07) is 6.68. The van der Waals surface area contributed by atoms with E-state index in [1.165, 1.54) is 17.2 Å². The fraction of sp³-hybridized carbons (Fsp3) is 0.375. The van der Waals surface area contributed by atoms with Gasteiger partial charge in [0.15, 0.2) is 11.9 Å². The maximum absolute atomic E-state index is 15.9. The van der Waals surface area contributed by atoms with Gasteiger partial charge in [-0.2, -0.15) is 13.2 Å². The smallest absolute Gasteiger partial charge is 0.365 e. The number of morpholine rings is 1. The Labute approximate surface area is 199 Å². The number of aryl methyl sites for hydroxylation is 3. The standard InChI is InChI=1S/C24H24F4N4O3/c1-13-8-16(9-14(2)30-13)17-4-5-20(32-6-7-34-21(11-32)24(26,27)28)22(25)18(17)10-29-23(33)19-12-35-31-15(19)3/h4-5,8-9,12,21H,6-7,10-11H2,1-3H3,(H,29,33). The van der Waals surface area contributed by atoms with Crippen LogP contribution < -0.4 is 10.2 Å². The second-order valence-corrected chi connectivity index (χ2v) is 8.41. The second-order valence-electron chi connectivity index (χ2n) is 8.41. The molecule has 3 aromatic rings. The van der Waals surface area contributed by atoms with Crippen LogP contribution in [0.2, 0.25) is 0 Å². The zero-order valence-electron chi connectivity index (χ0n) is 19.4. The summed E-state index contributed by atoms with van der Waals surface area (Å²) in [7, 11) is 0. The quantitative estimate of drug-likeness (QED) is 0.529. The number of amides is 1. The normalized spacial score (nSPS) is 16.4. The van der Waals surface area contributed by atoms with Gasteiger partial charge in [0.25, 0.3) is 5.91 Å². The number of halogens is 4. The molecular weight excluding hydrogens is 468 g/mol. The summed E-state index contributed by atoms with van der Waals surface area (Å²) >= 11 is 0. The molecule has 0 radical (unpaired) electrons. The molecule has 186 valence electrons. The van der Waals surface area contributed by atoms with Crippen molar-refractivity contribution in [1.82, 2.24) is 15.5 Å². The van der Waals surface area contributed by atoms with Crippen LogP contribution in [0, 0.1) is 26.6 Å². The highest BCUT2D eigenvalue weighted by Crippen LogP contribution is 2.35. The molecule has 1 unspecified atom stereocenters. The summed E-state index contributed by atoms with van der Waals surface area (Å²) < 4.78 is 65.3. The number of anilines is 1. The van der Waals surface area contributed by atoms with Gasteiger partial charge < -0.3 is 19.5 Å². The van der Waals surface area contributed by atoms with Gasteiger partial charge in [0, 0.05) is 30.0 Å². The van der Waals surface area contributed by atoms with E-state index < -0.39 is 30.5 Å². The Kier molecular flexibility index (Phi) is 6.79. The molecule has 0 spiro atoms. The van der Waals surface area contributed by atoms with Crippen molar-refractivity contribution in [2.75, 3.05) is 24.6 Å². The molecule has 2 aromatic heterocycles. The molecule has 1 N–H and O–H groups in total. The van der Waals surface area contributed by atoms with Crippen molar-refractivity contribution in [3.8, 4) is 11.1 Å². The van der Waals surface area contributed by atoms with Crippen molar-refractivity contribution in [3.05, 3.63) is 64.6 Å². The lowest BCUT2D eigenvalue weighted by Gasteiger charge is -2.35. The number of rotatable bonds is 5. The number of carbonyl (C=O) groups is 1. The predicted octanol–water partition coefficient (Wildman–Crippen LogP) is 4.50. The number of hydrogen-bond donors (Lipinski definition) is 1. The molecule has 35 heavy (non-hydrogen) atoms. The highest BCUT2D eigenvalue weighted by molar-refractivity contribution is 5.94. The third kappa shape index (κ3) is 5.29. The summed E-state index contributed by atoms with van der Waals surface area (Å²) in [5.41, 5.74) is 3.37. The topological polar surface area (TPSA) is 80.5 Å². The average molecular weight is 492 g/mol. The van der Waals surface area contributed by atoms with Gasteiger partial charge in [-0.05, 0) is 50.1 Å². The van der Waals surface area contributed by atoms with Crippen molar-refractivity contribution >= 4 is 11.6 Å². The van der Waals surface area contributed by atoms with Crippen molar-refractivity contribution < 1.29 is 31.6 Å². The van der Waals surface area contributed by atoms with Crippen molar-refractivity contribution in [3.63, 3.8) is 0 Å². The molecule has 0 aliphatic carbocycles. The Bertz CT molecular complexity index is 1220. The molecule has 11 heteroatoms. The van der Waals surface area contributed by atoms with Crippen LogP contribution in [0.4, 0.5) is 23.2 Å². The minimum atomic E-state index is -4.56. The summed E-state index contributed by atoms with van der Waals surface area (Å²) in [5.74, 6) is -1.22. The van der Waals surface area contributed by atoms with E-state index in [4.69, 9.17) is 9.26 Å². The highest BCUT2D eigenvalue weighted by atomic mass is 19.4. The van der Waals surface area contributed by atoms with Gasteiger partial charge in [-0.3, -0.25) is 9.78 Å². The van der Waals surface area contributed by atoms with E-state index in [0.717, 1.165) is 11.4 Å². The van der Waals surface area contributed by atoms with Crippen LogP contribution in [0.25, 0.3) is 11.1 Å². The summed E-state index contributed by atoms with van der Waals surface area (Å²) in [4.78, 5) is 18.3. The minimum absolute atomic E-state index is 0.0132. The first-order chi connectivity index (χ1) is 16.5. The number of pyridine rings is 1. The lowest BCUT2D eigenvalue weighted by molar-refractivity contribution is -0.221. The average Bonchev–Trinajstić information content (AvgIpc) is 3.22. The number of carbonyl (C=O) groups excluding carboxylic acids is 1. The monoisotopic (exact) mass is 492 g/mol. The van der Waals surface area contributed by atoms with Crippen LogP contribution in [0.1, 0.15) is 33.0 Å². The number of benzene rings is 1. The Hall–Kier alpha value is -3.47. The van der Waals surface area contributed by atoms with Crippen molar-refractivity contribution in [2.45, 2.75) is 39.6 Å². The molecule has 1 atom stereocenters. The van der Waals surface area contributed by atoms with Crippen molar-refractivity contribution in [2.24, 2.45) is 0 Å². The number of aromatic nitrogens is 2. The first-order valence-corrected chi connectivity index (χ1v) is 10.9. The molecule has 1 aromatic carbocycles. The molecule has 1 fully saturated rings. The van der Waals surface area contributed by atoms with E-state index in [2.05, 4.69) is 15.5 Å². The number of alkyl halides is 3. The first kappa shape index (κ1) is 24.6. The summed E-state index contributed by atoms with van der Waals surface area (Å²) in [6.07, 6.45) is -5.38. The lowest BCUT2D eigenvalue weighted by Crippen LogP contribution is -2.49. The number of hydrogen-bond acceptors (Lipinski definition) is 6. The summed E-state index contributed by atoms with van der Waals surface area (Å²) in [6.45, 7) is 4.40. The van der Waals surface area contributed by atoms with Crippen molar-refractivity contribution in [1.29, 1.82) is 0 Å². The van der Waals surface area contributed by atoms with Gasteiger partial charge in [-0.25, -0.2) is 4.39 Å². The first-order valence-electron chi connectivity index (χ1n) is 10.9. The van der Waals surface area contributed by atoms with Crippen LogP contribution in [-0.2, 0) is 11.3 Å². The second kappa shape index (κ2) is 9.65. The molecule has 1 saturated heterocycles. The van der Waals surface area contributed by atoms with Gasteiger partial charge in [0.2, 0.25) is 0 Å². The third-order valence-corrected chi connectivity index (χ3v) is 5.81. The van der Waals surface area contributed by atoms with Gasteiger partial charge >= 0.3 is 6.18 Å². The molecule has 3 heterocycles. The third-order valence-electron chi connectivity index (χ3n) is 5.81. The van der Waals surface area contributed by atoms with Gasteiger partial charge in [0.1, 0.15) is 11.8 Å². The SMILES string of the molecule is Cc1cc(-c2ccc(N3CCOC(C(F)(F)F)C3)c(F)c2CNC(=O)c2conc2C)cc(C)n1. The fourth-order valence-electron chi connectivity index (χ4n) is 4.13. The Balaban J connectivity index is 1.72. The van der Waals surface area contributed by atoms with Gasteiger partial charge in [-0.1, -0.05) is 11.2 Å². The molecule has 0 saturated carbocycles. The van der Waals surface area contributed by atoms with Crippen LogP contribution >= 0.6 is 0 Å².